The van der Waals surface area contributed by atoms with E-state index in [1.807, 2.05) is 30.3 Å². The zero-order chi connectivity index (χ0) is 17.1. The first kappa shape index (κ1) is 15.9. The molecular formula is C20H23N3O2. The Morgan fingerprint density at radius 1 is 1.20 bits per heavy atom. The van der Waals surface area contributed by atoms with Gasteiger partial charge in [-0.25, -0.2) is 9.78 Å². The van der Waals surface area contributed by atoms with Crippen LogP contribution in [-0.4, -0.2) is 24.2 Å². The van der Waals surface area contributed by atoms with Gasteiger partial charge in [0.25, 0.3) is 0 Å². The zero-order valence-corrected chi connectivity index (χ0v) is 14.3. The van der Waals surface area contributed by atoms with Crippen molar-refractivity contribution in [2.75, 3.05) is 18.4 Å². The van der Waals surface area contributed by atoms with Crippen molar-refractivity contribution in [3.05, 3.63) is 53.2 Å². The third-order valence-electron chi connectivity index (χ3n) is 4.74. The van der Waals surface area contributed by atoms with Crippen LogP contribution in [-0.2, 0) is 12.8 Å². The Bertz CT molecular complexity index is 754. The average Bonchev–Trinajstić information content (AvgIpc) is 3.47. The van der Waals surface area contributed by atoms with Crippen molar-refractivity contribution in [2.45, 2.75) is 38.0 Å². The minimum absolute atomic E-state index is 0.421. The van der Waals surface area contributed by atoms with E-state index in [1.165, 1.54) is 24.0 Å². The SMILES string of the molecule is O=C(NCCc1ccc2c(n1)NCCC2)Oc1ccc(C2CC2)cc1. The maximum absolute atomic E-state index is 11.9. The van der Waals surface area contributed by atoms with Gasteiger partial charge in [0.1, 0.15) is 11.6 Å². The van der Waals surface area contributed by atoms with Crippen LogP contribution in [0.4, 0.5) is 10.6 Å². The normalized spacial score (nSPS) is 15.8. The lowest BCUT2D eigenvalue weighted by Crippen LogP contribution is -2.29. The number of nitrogens with one attached hydrogen (secondary N) is 2. The fourth-order valence-corrected chi connectivity index (χ4v) is 3.17. The van der Waals surface area contributed by atoms with Gasteiger partial charge in [-0.15, -0.1) is 0 Å². The van der Waals surface area contributed by atoms with E-state index in [1.54, 1.807) is 0 Å². The number of aryl methyl sites for hydroxylation is 1. The van der Waals surface area contributed by atoms with E-state index in [4.69, 9.17) is 4.74 Å². The predicted molar refractivity (Wildman–Crippen MR) is 97.2 cm³/mol. The van der Waals surface area contributed by atoms with Crippen molar-refractivity contribution >= 4 is 11.9 Å². The molecule has 0 saturated heterocycles. The summed E-state index contributed by atoms with van der Waals surface area (Å²) in [5.41, 5.74) is 3.58. The molecule has 0 atom stereocenters. The molecule has 5 heteroatoms. The maximum Gasteiger partial charge on any atom is 0.412 e. The Balaban J connectivity index is 1.24. The molecule has 1 aliphatic heterocycles. The van der Waals surface area contributed by atoms with E-state index in [9.17, 15) is 4.79 Å². The first-order valence-electron chi connectivity index (χ1n) is 9.06. The number of amides is 1. The van der Waals surface area contributed by atoms with Gasteiger partial charge in [-0.1, -0.05) is 18.2 Å². The quantitative estimate of drug-likeness (QED) is 0.874. The lowest BCUT2D eigenvalue weighted by Gasteiger charge is -2.17. The van der Waals surface area contributed by atoms with Gasteiger partial charge in [0.05, 0.1) is 0 Å². The molecule has 130 valence electrons. The van der Waals surface area contributed by atoms with Crippen LogP contribution in [0.5, 0.6) is 5.75 Å². The molecule has 1 fully saturated rings. The summed E-state index contributed by atoms with van der Waals surface area (Å²) in [5.74, 6) is 2.28. The molecule has 1 amide bonds. The van der Waals surface area contributed by atoms with Gasteiger partial charge in [-0.3, -0.25) is 0 Å². The third kappa shape index (κ3) is 4.10. The number of anilines is 1. The molecule has 0 spiro atoms. The molecular weight excluding hydrogens is 314 g/mol. The summed E-state index contributed by atoms with van der Waals surface area (Å²) in [6, 6.07) is 12.0. The Morgan fingerprint density at radius 2 is 2.04 bits per heavy atom. The molecule has 2 aromatic rings. The minimum Gasteiger partial charge on any atom is -0.410 e. The number of hydrogen-bond acceptors (Lipinski definition) is 4. The molecule has 2 heterocycles. The molecule has 25 heavy (non-hydrogen) atoms. The van der Waals surface area contributed by atoms with Crippen LogP contribution in [0.15, 0.2) is 36.4 Å². The standard InChI is InChI=1S/C20H23N3O2/c24-20(25-18-9-6-15(7-10-18)14-3-4-14)22-13-11-17-8-5-16-2-1-12-21-19(16)23-17/h5-10,14H,1-4,11-13H2,(H,21,23)(H,22,24). The van der Waals surface area contributed by atoms with Crippen LogP contribution in [0.1, 0.15) is 42.0 Å². The van der Waals surface area contributed by atoms with Gasteiger partial charge < -0.3 is 15.4 Å². The van der Waals surface area contributed by atoms with Crippen LogP contribution in [0.2, 0.25) is 0 Å². The highest BCUT2D eigenvalue weighted by molar-refractivity contribution is 5.70. The Labute approximate surface area is 147 Å². The summed E-state index contributed by atoms with van der Waals surface area (Å²) in [6.45, 7) is 1.48. The molecule has 2 N–H and O–H groups in total. The summed E-state index contributed by atoms with van der Waals surface area (Å²) in [7, 11) is 0. The van der Waals surface area contributed by atoms with Gasteiger partial charge in [-0.05, 0) is 60.9 Å². The topological polar surface area (TPSA) is 63.2 Å². The summed E-state index contributed by atoms with van der Waals surface area (Å²) >= 11 is 0. The second-order valence-electron chi connectivity index (χ2n) is 6.75. The number of rotatable bonds is 5. The molecule has 0 bridgehead atoms. The largest absolute Gasteiger partial charge is 0.412 e. The highest BCUT2D eigenvalue weighted by Gasteiger charge is 2.23. The van der Waals surface area contributed by atoms with E-state index in [2.05, 4.69) is 21.7 Å². The number of ether oxygens (including phenoxy) is 1. The highest BCUT2D eigenvalue weighted by Crippen LogP contribution is 2.40. The van der Waals surface area contributed by atoms with Gasteiger partial charge >= 0.3 is 6.09 Å². The highest BCUT2D eigenvalue weighted by atomic mass is 16.5. The predicted octanol–water partition coefficient (Wildman–Crippen LogP) is 3.65. The van der Waals surface area contributed by atoms with Crippen molar-refractivity contribution in [1.29, 1.82) is 0 Å². The smallest absolute Gasteiger partial charge is 0.410 e. The van der Waals surface area contributed by atoms with Crippen LogP contribution in [0.25, 0.3) is 0 Å². The van der Waals surface area contributed by atoms with Crippen LogP contribution in [0, 0.1) is 0 Å². The Morgan fingerprint density at radius 3 is 2.84 bits per heavy atom. The molecule has 0 radical (unpaired) electrons. The molecule has 1 aromatic heterocycles. The van der Waals surface area contributed by atoms with Crippen molar-refractivity contribution in [2.24, 2.45) is 0 Å². The molecule has 5 nitrogen and oxygen atoms in total. The Hall–Kier alpha value is -2.56. The summed E-state index contributed by atoms with van der Waals surface area (Å²) in [4.78, 5) is 16.5. The van der Waals surface area contributed by atoms with E-state index >= 15 is 0 Å². The fourth-order valence-electron chi connectivity index (χ4n) is 3.17. The molecule has 0 unspecified atom stereocenters. The molecule has 1 aliphatic carbocycles. The van der Waals surface area contributed by atoms with Gasteiger partial charge in [0.15, 0.2) is 0 Å². The van der Waals surface area contributed by atoms with Crippen LogP contribution >= 0.6 is 0 Å². The second kappa shape index (κ2) is 7.13. The minimum atomic E-state index is -0.421. The zero-order valence-electron chi connectivity index (χ0n) is 14.3. The lowest BCUT2D eigenvalue weighted by molar-refractivity contribution is 0.200. The number of carbonyl (C=O) groups is 1. The molecule has 1 aromatic carbocycles. The number of pyridine rings is 1. The average molecular weight is 337 g/mol. The van der Waals surface area contributed by atoms with Crippen LogP contribution < -0.4 is 15.4 Å². The van der Waals surface area contributed by atoms with Crippen molar-refractivity contribution in [3.63, 3.8) is 0 Å². The van der Waals surface area contributed by atoms with Gasteiger partial charge in [-0.2, -0.15) is 0 Å². The van der Waals surface area contributed by atoms with Crippen molar-refractivity contribution in [3.8, 4) is 5.75 Å². The van der Waals surface area contributed by atoms with E-state index in [0.717, 1.165) is 30.9 Å². The summed E-state index contributed by atoms with van der Waals surface area (Å²) < 4.78 is 5.32. The maximum atomic E-state index is 11.9. The second-order valence-corrected chi connectivity index (χ2v) is 6.75. The monoisotopic (exact) mass is 337 g/mol. The Kier molecular flexibility index (Phi) is 4.55. The van der Waals surface area contributed by atoms with Gasteiger partial charge in [0, 0.05) is 25.2 Å². The number of carbonyl (C=O) groups excluding carboxylic acids is 1. The lowest BCUT2D eigenvalue weighted by atomic mass is 10.1. The first-order chi connectivity index (χ1) is 12.3. The number of hydrogen-bond donors (Lipinski definition) is 2. The number of aromatic nitrogens is 1. The summed E-state index contributed by atoms with van der Waals surface area (Å²) in [5, 5.41) is 6.12. The van der Waals surface area contributed by atoms with E-state index in [0.29, 0.717) is 24.6 Å². The first-order valence-corrected chi connectivity index (χ1v) is 9.06. The third-order valence-corrected chi connectivity index (χ3v) is 4.74. The van der Waals surface area contributed by atoms with Crippen molar-refractivity contribution < 1.29 is 9.53 Å². The summed E-state index contributed by atoms with van der Waals surface area (Å²) in [6.07, 6.45) is 5.04. The molecule has 4 rings (SSSR count). The molecule has 2 aliphatic rings. The fraction of sp³-hybridized carbons (Fsp3) is 0.400. The molecule has 1 saturated carbocycles. The number of benzene rings is 1. The number of fused-ring (bicyclic) bond motifs is 1. The van der Waals surface area contributed by atoms with Crippen LogP contribution in [0.3, 0.4) is 0 Å². The van der Waals surface area contributed by atoms with Gasteiger partial charge in [0.2, 0.25) is 0 Å². The van der Waals surface area contributed by atoms with E-state index < -0.39 is 6.09 Å². The van der Waals surface area contributed by atoms with E-state index in [-0.39, 0.29) is 0 Å². The van der Waals surface area contributed by atoms with Crippen molar-refractivity contribution in [1.82, 2.24) is 10.3 Å². The number of nitrogens with zero attached hydrogens (tertiary/aromatic N) is 1.